The van der Waals surface area contributed by atoms with Crippen LogP contribution in [0.1, 0.15) is 64.2 Å². The first-order valence-electron chi connectivity index (χ1n) is 8.21. The minimum absolute atomic E-state index is 0.759. The van der Waals surface area contributed by atoms with Crippen molar-refractivity contribution in [1.82, 2.24) is 4.90 Å². The van der Waals surface area contributed by atoms with Crippen LogP contribution in [0.2, 0.25) is 0 Å². The van der Waals surface area contributed by atoms with Gasteiger partial charge in [0.05, 0.1) is 0 Å². The van der Waals surface area contributed by atoms with Gasteiger partial charge in [-0.25, -0.2) is 0 Å². The van der Waals surface area contributed by atoms with Crippen molar-refractivity contribution in [2.75, 3.05) is 20.1 Å². The lowest BCUT2D eigenvalue weighted by molar-refractivity contribution is 0.123. The molecule has 0 aromatic rings. The van der Waals surface area contributed by atoms with Crippen LogP contribution in [0.5, 0.6) is 0 Å². The molecule has 2 nitrogen and oxygen atoms in total. The van der Waals surface area contributed by atoms with Crippen LogP contribution in [0.15, 0.2) is 0 Å². The lowest BCUT2D eigenvalue weighted by Gasteiger charge is -2.38. The van der Waals surface area contributed by atoms with Crippen molar-refractivity contribution in [3.8, 4) is 0 Å². The number of nitrogens with zero attached hydrogens (tertiary/aromatic N) is 1. The minimum Gasteiger partial charge on any atom is -0.330 e. The average molecular weight is 252 g/mol. The molecule has 0 aliphatic heterocycles. The topological polar surface area (TPSA) is 29.3 Å². The van der Waals surface area contributed by atoms with Crippen LogP contribution in [0.25, 0.3) is 0 Å². The maximum absolute atomic E-state index is 5.94. The first-order chi connectivity index (χ1) is 8.81. The molecule has 0 amide bonds. The molecule has 18 heavy (non-hydrogen) atoms. The van der Waals surface area contributed by atoms with E-state index in [0.717, 1.165) is 24.4 Å². The number of rotatable bonds is 5. The van der Waals surface area contributed by atoms with Crippen LogP contribution in [-0.4, -0.2) is 31.1 Å². The lowest BCUT2D eigenvalue weighted by atomic mass is 9.83. The third-order valence-electron chi connectivity index (χ3n) is 5.35. The van der Waals surface area contributed by atoms with E-state index in [0.29, 0.717) is 0 Å². The molecule has 0 radical (unpaired) electrons. The third kappa shape index (κ3) is 3.96. The molecule has 0 bridgehead atoms. The van der Waals surface area contributed by atoms with Gasteiger partial charge in [0, 0.05) is 6.04 Å². The van der Waals surface area contributed by atoms with Crippen molar-refractivity contribution in [3.05, 3.63) is 0 Å². The van der Waals surface area contributed by atoms with Crippen LogP contribution in [0.4, 0.5) is 0 Å². The molecule has 2 saturated carbocycles. The van der Waals surface area contributed by atoms with Gasteiger partial charge in [-0.2, -0.15) is 0 Å². The average Bonchev–Trinajstić information content (AvgIpc) is 2.45. The van der Waals surface area contributed by atoms with E-state index >= 15 is 0 Å². The Bertz CT molecular complexity index is 223. The molecule has 2 aliphatic carbocycles. The quantitative estimate of drug-likeness (QED) is 0.812. The molecule has 106 valence electrons. The Morgan fingerprint density at radius 2 is 1.61 bits per heavy atom. The Morgan fingerprint density at radius 1 is 0.944 bits per heavy atom. The second-order valence-electron chi connectivity index (χ2n) is 6.62. The monoisotopic (exact) mass is 252 g/mol. The van der Waals surface area contributed by atoms with Gasteiger partial charge in [0.15, 0.2) is 0 Å². The van der Waals surface area contributed by atoms with Crippen molar-refractivity contribution < 1.29 is 0 Å². The molecule has 0 aromatic heterocycles. The van der Waals surface area contributed by atoms with Gasteiger partial charge < -0.3 is 10.6 Å². The fourth-order valence-electron chi connectivity index (χ4n) is 4.07. The van der Waals surface area contributed by atoms with E-state index in [1.807, 2.05) is 0 Å². The lowest BCUT2D eigenvalue weighted by Crippen LogP contribution is -2.43. The largest absolute Gasteiger partial charge is 0.330 e. The maximum atomic E-state index is 5.94. The molecule has 2 N–H and O–H groups in total. The molecular formula is C16H32N2. The summed E-state index contributed by atoms with van der Waals surface area (Å²) in [6.45, 7) is 2.18. The normalized spacial score (nSPS) is 30.8. The SMILES string of the molecule is CN(CCC1CCCCC1)C1CCCCC1CN. The zero-order valence-corrected chi connectivity index (χ0v) is 12.2. The standard InChI is InChI=1S/C16H32N2/c1-18(12-11-14-7-3-2-4-8-14)16-10-6-5-9-15(16)13-17/h14-16H,2-13,17H2,1H3. The maximum Gasteiger partial charge on any atom is 0.0132 e. The Morgan fingerprint density at radius 3 is 2.33 bits per heavy atom. The molecule has 2 unspecified atom stereocenters. The molecule has 0 saturated heterocycles. The second-order valence-corrected chi connectivity index (χ2v) is 6.62. The Hall–Kier alpha value is -0.0800. The van der Waals surface area contributed by atoms with Crippen LogP contribution in [0.3, 0.4) is 0 Å². The van der Waals surface area contributed by atoms with Gasteiger partial charge >= 0.3 is 0 Å². The minimum atomic E-state index is 0.759. The van der Waals surface area contributed by atoms with Gasteiger partial charge in [-0.15, -0.1) is 0 Å². The smallest absolute Gasteiger partial charge is 0.0132 e. The molecule has 2 rings (SSSR count). The Labute approximate surface area is 113 Å². The second kappa shape index (κ2) is 7.49. The van der Waals surface area contributed by atoms with Gasteiger partial charge in [-0.1, -0.05) is 44.9 Å². The fraction of sp³-hybridized carbons (Fsp3) is 1.00. The van der Waals surface area contributed by atoms with Crippen LogP contribution in [0, 0.1) is 11.8 Å². The van der Waals surface area contributed by atoms with Gasteiger partial charge in [0.25, 0.3) is 0 Å². The van der Waals surface area contributed by atoms with E-state index in [9.17, 15) is 0 Å². The number of hydrogen-bond donors (Lipinski definition) is 1. The summed E-state index contributed by atoms with van der Waals surface area (Å²) in [7, 11) is 2.33. The van der Waals surface area contributed by atoms with E-state index in [-0.39, 0.29) is 0 Å². The highest BCUT2D eigenvalue weighted by Gasteiger charge is 2.27. The van der Waals surface area contributed by atoms with Crippen molar-refractivity contribution in [2.24, 2.45) is 17.6 Å². The first-order valence-corrected chi connectivity index (χ1v) is 8.21. The zero-order valence-electron chi connectivity index (χ0n) is 12.2. The summed E-state index contributed by atoms with van der Waals surface area (Å²) in [5.41, 5.74) is 5.94. The molecule has 0 aromatic carbocycles. The van der Waals surface area contributed by atoms with E-state index in [4.69, 9.17) is 5.73 Å². The third-order valence-corrected chi connectivity index (χ3v) is 5.35. The highest BCUT2D eigenvalue weighted by Crippen LogP contribution is 2.29. The van der Waals surface area contributed by atoms with Crippen LogP contribution < -0.4 is 5.73 Å². The van der Waals surface area contributed by atoms with Gasteiger partial charge in [-0.05, 0) is 51.2 Å². The predicted molar refractivity (Wildman–Crippen MR) is 78.6 cm³/mol. The number of nitrogens with two attached hydrogens (primary N) is 1. The summed E-state index contributed by atoms with van der Waals surface area (Å²) in [4.78, 5) is 2.63. The number of hydrogen-bond acceptors (Lipinski definition) is 2. The first kappa shape index (κ1) is 14.3. The molecule has 2 heteroatoms. The van der Waals surface area contributed by atoms with Crippen LogP contribution in [-0.2, 0) is 0 Å². The molecule has 0 heterocycles. The summed E-state index contributed by atoms with van der Waals surface area (Å²) >= 11 is 0. The van der Waals surface area contributed by atoms with Crippen molar-refractivity contribution in [2.45, 2.75) is 70.3 Å². The van der Waals surface area contributed by atoms with Gasteiger partial charge in [0.1, 0.15) is 0 Å². The molecule has 2 aliphatic rings. The van der Waals surface area contributed by atoms with Crippen molar-refractivity contribution >= 4 is 0 Å². The molecule has 2 atom stereocenters. The van der Waals surface area contributed by atoms with E-state index < -0.39 is 0 Å². The van der Waals surface area contributed by atoms with Crippen LogP contribution >= 0.6 is 0 Å². The van der Waals surface area contributed by atoms with Crippen molar-refractivity contribution in [1.29, 1.82) is 0 Å². The van der Waals surface area contributed by atoms with E-state index in [1.54, 1.807) is 0 Å². The summed E-state index contributed by atoms with van der Waals surface area (Å²) < 4.78 is 0. The summed E-state index contributed by atoms with van der Waals surface area (Å²) in [6, 6.07) is 0.771. The highest BCUT2D eigenvalue weighted by atomic mass is 15.1. The fourth-order valence-corrected chi connectivity index (χ4v) is 4.07. The summed E-state index contributed by atoms with van der Waals surface area (Å²) in [6.07, 6.45) is 14.4. The molecule has 0 spiro atoms. The summed E-state index contributed by atoms with van der Waals surface area (Å²) in [5.74, 6) is 1.77. The van der Waals surface area contributed by atoms with Gasteiger partial charge in [-0.3, -0.25) is 0 Å². The molecular weight excluding hydrogens is 220 g/mol. The summed E-state index contributed by atoms with van der Waals surface area (Å²) in [5, 5.41) is 0. The van der Waals surface area contributed by atoms with E-state index in [2.05, 4.69) is 11.9 Å². The Kier molecular flexibility index (Phi) is 5.97. The highest BCUT2D eigenvalue weighted by molar-refractivity contribution is 4.83. The predicted octanol–water partition coefficient (Wildman–Crippen LogP) is 3.41. The zero-order chi connectivity index (χ0) is 12.8. The van der Waals surface area contributed by atoms with E-state index in [1.165, 1.54) is 70.8 Å². The van der Waals surface area contributed by atoms with Gasteiger partial charge in [0.2, 0.25) is 0 Å². The van der Waals surface area contributed by atoms with Crippen molar-refractivity contribution in [3.63, 3.8) is 0 Å². The molecule has 2 fully saturated rings. The Balaban J connectivity index is 1.73.